The van der Waals surface area contributed by atoms with Gasteiger partial charge in [-0.1, -0.05) is 12.1 Å². The van der Waals surface area contributed by atoms with E-state index in [9.17, 15) is 14.0 Å². The average molecular weight is 469 g/mol. The Hall–Kier alpha value is -4.25. The van der Waals surface area contributed by atoms with Gasteiger partial charge in [0.2, 0.25) is 16.9 Å². The molecule has 0 atom stereocenters. The first-order chi connectivity index (χ1) is 16.4. The van der Waals surface area contributed by atoms with Crippen LogP contribution in [0.15, 0.2) is 51.9 Å². The second-order valence-electron chi connectivity index (χ2n) is 7.07. The number of ether oxygens (including phenoxy) is 4. The van der Waals surface area contributed by atoms with Gasteiger partial charge in [-0.2, -0.15) is 5.10 Å². The van der Waals surface area contributed by atoms with E-state index in [0.717, 1.165) is 0 Å². The normalized spacial score (nSPS) is 10.9. The number of esters is 1. The van der Waals surface area contributed by atoms with Gasteiger partial charge < -0.3 is 23.4 Å². The van der Waals surface area contributed by atoms with Gasteiger partial charge in [-0.05, 0) is 29.8 Å². The summed E-state index contributed by atoms with van der Waals surface area (Å²) in [6.45, 7) is -0.213. The number of carbonyl (C=O) groups is 1. The van der Waals surface area contributed by atoms with E-state index in [-0.39, 0.29) is 58.8 Å². The number of rotatable bonds is 8. The minimum Gasteiger partial charge on any atom is -0.488 e. The van der Waals surface area contributed by atoms with E-state index in [2.05, 4.69) is 10.1 Å². The summed E-state index contributed by atoms with van der Waals surface area (Å²) in [5, 5.41) is 3.96. The molecule has 34 heavy (non-hydrogen) atoms. The first-order valence-electron chi connectivity index (χ1n) is 10.00. The summed E-state index contributed by atoms with van der Waals surface area (Å²) in [7, 11) is 4.22. The number of fused-ring (bicyclic) bond motifs is 1. The summed E-state index contributed by atoms with van der Waals surface area (Å²) in [5.41, 5.74) is -0.0135. The van der Waals surface area contributed by atoms with E-state index >= 15 is 0 Å². The molecule has 0 spiro atoms. The number of aryl methyl sites for hydroxylation is 1. The van der Waals surface area contributed by atoms with Crippen LogP contribution in [0, 0.1) is 5.82 Å². The summed E-state index contributed by atoms with van der Waals surface area (Å²) in [6.07, 6.45) is 1.28. The van der Waals surface area contributed by atoms with Crippen LogP contribution in [0.25, 0.3) is 22.6 Å². The predicted molar refractivity (Wildman–Crippen MR) is 117 cm³/mol. The predicted octanol–water partition coefficient (Wildman–Crippen LogP) is 3.08. The Bertz CT molecular complexity index is 1400. The highest BCUT2D eigenvalue weighted by atomic mass is 19.1. The Morgan fingerprint density at radius 2 is 1.88 bits per heavy atom. The largest absolute Gasteiger partial charge is 0.488 e. The Kier molecular flexibility index (Phi) is 6.55. The SMILES string of the molecule is COCOc1c(-c2ncnn2C)oc2c(C(=O)OC)ccc(OCc3ccc(F)cc3)c2c1=O. The number of nitrogens with zero attached hydrogens (tertiary/aromatic N) is 3. The lowest BCUT2D eigenvalue weighted by Crippen LogP contribution is -2.15. The molecule has 0 aliphatic carbocycles. The molecule has 2 aromatic carbocycles. The average Bonchev–Trinajstić information content (AvgIpc) is 3.27. The standard InChI is InChI=1S/C23H20FN3O7/c1-27-22(25-11-26-27)21-20(33-12-30-2)18(28)17-16(32-10-13-4-6-14(24)7-5-13)9-8-15(19(17)34-21)23(29)31-3/h4-9,11H,10,12H2,1-3H3. The second-order valence-corrected chi connectivity index (χ2v) is 7.07. The molecule has 11 heteroatoms. The fourth-order valence-corrected chi connectivity index (χ4v) is 3.28. The molecule has 0 radical (unpaired) electrons. The molecule has 0 saturated heterocycles. The maximum atomic E-state index is 13.6. The van der Waals surface area contributed by atoms with Crippen molar-refractivity contribution in [3.05, 3.63) is 69.9 Å². The van der Waals surface area contributed by atoms with Crippen molar-refractivity contribution >= 4 is 16.9 Å². The third-order valence-corrected chi connectivity index (χ3v) is 4.91. The Labute approximate surface area is 192 Å². The maximum absolute atomic E-state index is 13.6. The smallest absolute Gasteiger partial charge is 0.341 e. The summed E-state index contributed by atoms with van der Waals surface area (Å²) in [4.78, 5) is 30.2. The summed E-state index contributed by atoms with van der Waals surface area (Å²) in [6, 6.07) is 8.60. The van der Waals surface area contributed by atoms with E-state index in [1.165, 1.54) is 49.5 Å². The van der Waals surface area contributed by atoms with Crippen LogP contribution in [0.5, 0.6) is 11.5 Å². The van der Waals surface area contributed by atoms with Crippen molar-refractivity contribution in [2.24, 2.45) is 7.05 Å². The third-order valence-electron chi connectivity index (χ3n) is 4.91. The lowest BCUT2D eigenvalue weighted by atomic mass is 10.1. The van der Waals surface area contributed by atoms with Crippen molar-refractivity contribution in [1.29, 1.82) is 0 Å². The van der Waals surface area contributed by atoms with Crippen LogP contribution in [0.2, 0.25) is 0 Å². The molecule has 0 unspecified atom stereocenters. The molecule has 4 rings (SSSR count). The number of carbonyl (C=O) groups excluding carboxylic acids is 1. The fraction of sp³-hybridized carbons (Fsp3) is 0.217. The van der Waals surface area contributed by atoms with Crippen molar-refractivity contribution in [3.8, 4) is 23.1 Å². The highest BCUT2D eigenvalue weighted by Gasteiger charge is 2.27. The summed E-state index contributed by atoms with van der Waals surface area (Å²) in [5.74, 6) is -1.01. The van der Waals surface area contributed by atoms with Gasteiger partial charge in [0.05, 0.1) is 7.11 Å². The van der Waals surface area contributed by atoms with Gasteiger partial charge in [0.1, 0.15) is 35.5 Å². The topological polar surface area (TPSA) is 115 Å². The van der Waals surface area contributed by atoms with Crippen LogP contribution in [-0.4, -0.2) is 41.7 Å². The Balaban J connectivity index is 1.93. The van der Waals surface area contributed by atoms with Crippen molar-refractivity contribution < 1.29 is 32.5 Å². The van der Waals surface area contributed by atoms with Crippen molar-refractivity contribution in [1.82, 2.24) is 14.8 Å². The van der Waals surface area contributed by atoms with Gasteiger partial charge >= 0.3 is 5.97 Å². The number of hydrogen-bond donors (Lipinski definition) is 0. The van der Waals surface area contributed by atoms with E-state index in [0.29, 0.717) is 5.56 Å². The third kappa shape index (κ3) is 4.33. The molecular formula is C23H20FN3O7. The molecule has 0 aliphatic rings. The van der Waals surface area contributed by atoms with Gasteiger partial charge in [0.25, 0.3) is 0 Å². The molecule has 0 amide bonds. The highest BCUT2D eigenvalue weighted by molar-refractivity contribution is 6.04. The zero-order valence-corrected chi connectivity index (χ0v) is 18.5. The lowest BCUT2D eigenvalue weighted by molar-refractivity contribution is 0.0496. The zero-order chi connectivity index (χ0) is 24.2. The number of aromatic nitrogens is 3. The minimum atomic E-state index is -0.715. The van der Waals surface area contributed by atoms with E-state index in [1.807, 2.05) is 0 Å². The van der Waals surface area contributed by atoms with Crippen molar-refractivity contribution in [2.75, 3.05) is 21.0 Å². The highest BCUT2D eigenvalue weighted by Crippen LogP contribution is 2.35. The van der Waals surface area contributed by atoms with Gasteiger partial charge in [0.15, 0.2) is 18.2 Å². The molecule has 2 aromatic heterocycles. The Morgan fingerprint density at radius 3 is 2.53 bits per heavy atom. The second kappa shape index (κ2) is 9.71. The van der Waals surface area contributed by atoms with Crippen LogP contribution in [0.3, 0.4) is 0 Å². The quantitative estimate of drug-likeness (QED) is 0.284. The van der Waals surface area contributed by atoms with E-state index in [4.69, 9.17) is 23.4 Å². The van der Waals surface area contributed by atoms with Crippen LogP contribution < -0.4 is 14.9 Å². The molecule has 0 saturated carbocycles. The molecule has 0 fully saturated rings. The number of benzene rings is 2. The lowest BCUT2D eigenvalue weighted by Gasteiger charge is -2.14. The van der Waals surface area contributed by atoms with Crippen LogP contribution >= 0.6 is 0 Å². The van der Waals surface area contributed by atoms with E-state index < -0.39 is 11.4 Å². The Morgan fingerprint density at radius 1 is 1.12 bits per heavy atom. The van der Waals surface area contributed by atoms with Gasteiger partial charge in [0, 0.05) is 14.2 Å². The number of methoxy groups -OCH3 is 2. The van der Waals surface area contributed by atoms with Crippen LogP contribution in [-0.2, 0) is 23.1 Å². The zero-order valence-electron chi connectivity index (χ0n) is 18.5. The first-order valence-corrected chi connectivity index (χ1v) is 10.00. The molecule has 176 valence electrons. The molecule has 2 heterocycles. The van der Waals surface area contributed by atoms with Crippen molar-refractivity contribution in [2.45, 2.75) is 6.61 Å². The van der Waals surface area contributed by atoms with Crippen LogP contribution in [0.4, 0.5) is 4.39 Å². The van der Waals surface area contributed by atoms with Crippen LogP contribution in [0.1, 0.15) is 15.9 Å². The fourth-order valence-electron chi connectivity index (χ4n) is 3.28. The summed E-state index contributed by atoms with van der Waals surface area (Å²) < 4.78 is 41.8. The summed E-state index contributed by atoms with van der Waals surface area (Å²) >= 11 is 0. The van der Waals surface area contributed by atoms with Crippen molar-refractivity contribution in [3.63, 3.8) is 0 Å². The monoisotopic (exact) mass is 469 g/mol. The van der Waals surface area contributed by atoms with Gasteiger partial charge in [-0.15, -0.1) is 0 Å². The number of halogens is 1. The molecule has 0 bridgehead atoms. The van der Waals surface area contributed by atoms with Gasteiger partial charge in [-0.3, -0.25) is 4.79 Å². The van der Waals surface area contributed by atoms with E-state index in [1.54, 1.807) is 19.2 Å². The molecule has 10 nitrogen and oxygen atoms in total. The first kappa shape index (κ1) is 22.9. The molecule has 0 N–H and O–H groups in total. The molecule has 0 aliphatic heterocycles. The maximum Gasteiger partial charge on any atom is 0.341 e. The minimum absolute atomic E-state index is 0.00504. The number of hydrogen-bond acceptors (Lipinski definition) is 9. The molecule has 4 aromatic rings. The van der Waals surface area contributed by atoms with Gasteiger partial charge in [-0.25, -0.2) is 18.9 Å². The molecular weight excluding hydrogens is 449 g/mol.